The predicted octanol–water partition coefficient (Wildman–Crippen LogP) is 4.19. The van der Waals surface area contributed by atoms with Crippen molar-refractivity contribution in [2.24, 2.45) is 5.41 Å². The standard InChI is InChI=1S/C12H21BrN2S/c1-11(2,3)8(13)7-9-14-10(15-16-9)12(4,5)6/h8H,7H2,1-6H3. The molecule has 0 saturated heterocycles. The molecule has 1 rings (SSSR count). The number of halogens is 1. The highest BCUT2D eigenvalue weighted by atomic mass is 79.9. The molecule has 0 aliphatic carbocycles. The number of rotatable bonds is 2. The summed E-state index contributed by atoms with van der Waals surface area (Å²) >= 11 is 5.26. The highest BCUT2D eigenvalue weighted by molar-refractivity contribution is 9.09. The van der Waals surface area contributed by atoms with Crippen LogP contribution in [0.5, 0.6) is 0 Å². The molecule has 92 valence electrons. The Morgan fingerprint density at radius 2 is 1.75 bits per heavy atom. The maximum absolute atomic E-state index is 4.61. The van der Waals surface area contributed by atoms with Crippen molar-refractivity contribution in [3.05, 3.63) is 10.8 Å². The molecule has 1 aromatic rings. The van der Waals surface area contributed by atoms with Gasteiger partial charge < -0.3 is 0 Å². The first-order chi connectivity index (χ1) is 7.10. The Kier molecular flexibility index (Phi) is 4.17. The SMILES string of the molecule is CC(C)(C)c1nsc(CC(Br)C(C)(C)C)n1. The molecule has 1 atom stereocenters. The van der Waals surface area contributed by atoms with Gasteiger partial charge in [0.15, 0.2) is 0 Å². The van der Waals surface area contributed by atoms with Gasteiger partial charge in [0, 0.05) is 16.7 Å². The van der Waals surface area contributed by atoms with Crippen molar-refractivity contribution in [2.45, 2.75) is 58.2 Å². The third-order valence-corrected chi connectivity index (χ3v) is 4.86. The second kappa shape index (κ2) is 4.73. The normalized spacial score (nSPS) is 15.2. The molecule has 0 radical (unpaired) electrons. The lowest BCUT2D eigenvalue weighted by Crippen LogP contribution is -2.22. The Hall–Kier alpha value is 0.0400. The molecule has 0 amide bonds. The molecule has 16 heavy (non-hydrogen) atoms. The lowest BCUT2D eigenvalue weighted by Gasteiger charge is -2.24. The molecular weight excluding hydrogens is 284 g/mol. The van der Waals surface area contributed by atoms with Crippen LogP contribution in [0.25, 0.3) is 0 Å². The average molecular weight is 305 g/mol. The fraction of sp³-hybridized carbons (Fsp3) is 0.833. The summed E-state index contributed by atoms with van der Waals surface area (Å²) in [5.41, 5.74) is 0.311. The average Bonchev–Trinajstić information content (AvgIpc) is 2.49. The quantitative estimate of drug-likeness (QED) is 0.766. The van der Waals surface area contributed by atoms with Crippen LogP contribution in [0.15, 0.2) is 0 Å². The second-order valence-corrected chi connectivity index (χ2v) is 8.24. The molecule has 1 unspecified atom stereocenters. The Balaban J connectivity index is 2.74. The maximum Gasteiger partial charge on any atom is 0.147 e. The van der Waals surface area contributed by atoms with E-state index in [9.17, 15) is 0 Å². The van der Waals surface area contributed by atoms with Crippen LogP contribution in [0.4, 0.5) is 0 Å². The van der Waals surface area contributed by atoms with Crippen LogP contribution in [0.2, 0.25) is 0 Å². The van der Waals surface area contributed by atoms with Gasteiger partial charge in [0.05, 0.1) is 0 Å². The Morgan fingerprint density at radius 3 is 2.12 bits per heavy atom. The fourth-order valence-electron chi connectivity index (χ4n) is 1.10. The number of aromatic nitrogens is 2. The molecule has 0 aliphatic rings. The van der Waals surface area contributed by atoms with Crippen LogP contribution in [0, 0.1) is 5.41 Å². The van der Waals surface area contributed by atoms with Crippen molar-refractivity contribution in [1.82, 2.24) is 9.36 Å². The van der Waals surface area contributed by atoms with Gasteiger partial charge in [0.1, 0.15) is 10.8 Å². The van der Waals surface area contributed by atoms with Crippen LogP contribution in [0.3, 0.4) is 0 Å². The summed E-state index contributed by atoms with van der Waals surface area (Å²) in [4.78, 5) is 5.06. The zero-order valence-corrected chi connectivity index (χ0v) is 13.4. The first-order valence-corrected chi connectivity index (χ1v) is 7.27. The van der Waals surface area contributed by atoms with E-state index in [-0.39, 0.29) is 10.8 Å². The zero-order chi connectivity index (χ0) is 12.6. The van der Waals surface area contributed by atoms with Crippen molar-refractivity contribution in [3.8, 4) is 0 Å². The van der Waals surface area contributed by atoms with E-state index in [4.69, 9.17) is 0 Å². The monoisotopic (exact) mass is 304 g/mol. The minimum Gasteiger partial charge on any atom is -0.224 e. The van der Waals surface area contributed by atoms with Crippen LogP contribution in [0.1, 0.15) is 52.4 Å². The topological polar surface area (TPSA) is 25.8 Å². The van der Waals surface area contributed by atoms with Crippen LogP contribution < -0.4 is 0 Å². The number of hydrogen-bond acceptors (Lipinski definition) is 3. The van der Waals surface area contributed by atoms with Crippen molar-refractivity contribution < 1.29 is 0 Å². The minimum atomic E-state index is 0.0539. The number of nitrogens with zero attached hydrogens (tertiary/aromatic N) is 2. The minimum absolute atomic E-state index is 0.0539. The predicted molar refractivity (Wildman–Crippen MR) is 74.5 cm³/mol. The van der Waals surface area contributed by atoms with Crippen molar-refractivity contribution >= 4 is 27.5 Å². The summed E-state index contributed by atoms with van der Waals surface area (Å²) in [5.74, 6) is 0.959. The van der Waals surface area contributed by atoms with Gasteiger partial charge in [0.25, 0.3) is 0 Å². The van der Waals surface area contributed by atoms with E-state index in [0.29, 0.717) is 4.83 Å². The van der Waals surface area contributed by atoms with Crippen molar-refractivity contribution in [3.63, 3.8) is 0 Å². The molecule has 1 heterocycles. The molecular formula is C12H21BrN2S. The summed E-state index contributed by atoms with van der Waals surface area (Å²) in [5, 5.41) is 1.13. The molecule has 2 nitrogen and oxygen atoms in total. The van der Waals surface area contributed by atoms with E-state index in [2.05, 4.69) is 66.8 Å². The molecule has 0 N–H and O–H groups in total. The van der Waals surface area contributed by atoms with Gasteiger partial charge >= 0.3 is 0 Å². The van der Waals surface area contributed by atoms with E-state index in [0.717, 1.165) is 17.3 Å². The summed E-state index contributed by atoms with van der Waals surface area (Å²) < 4.78 is 4.43. The Labute approximate surface area is 111 Å². The van der Waals surface area contributed by atoms with E-state index < -0.39 is 0 Å². The summed E-state index contributed by atoms with van der Waals surface area (Å²) in [6, 6.07) is 0. The number of alkyl halides is 1. The van der Waals surface area contributed by atoms with E-state index in [1.54, 1.807) is 0 Å². The van der Waals surface area contributed by atoms with Gasteiger partial charge in [-0.05, 0) is 16.9 Å². The van der Waals surface area contributed by atoms with Gasteiger partial charge in [-0.1, -0.05) is 57.5 Å². The van der Waals surface area contributed by atoms with E-state index >= 15 is 0 Å². The van der Waals surface area contributed by atoms with Crippen molar-refractivity contribution in [1.29, 1.82) is 0 Å². The summed E-state index contributed by atoms with van der Waals surface area (Å²) in [6.45, 7) is 13.1. The molecule has 0 aromatic carbocycles. The van der Waals surface area contributed by atoms with Crippen LogP contribution >= 0.6 is 27.5 Å². The third-order valence-electron chi connectivity index (χ3n) is 2.43. The summed E-state index contributed by atoms with van der Waals surface area (Å²) in [7, 11) is 0. The Bertz CT molecular complexity index is 347. The Morgan fingerprint density at radius 1 is 1.19 bits per heavy atom. The second-order valence-electron chi connectivity index (χ2n) is 6.30. The number of hydrogen-bond donors (Lipinski definition) is 0. The first-order valence-electron chi connectivity index (χ1n) is 5.58. The van der Waals surface area contributed by atoms with Crippen LogP contribution in [-0.2, 0) is 11.8 Å². The van der Waals surface area contributed by atoms with Gasteiger partial charge in [-0.2, -0.15) is 4.37 Å². The van der Waals surface area contributed by atoms with Gasteiger partial charge in [-0.3, -0.25) is 0 Å². The molecule has 0 aliphatic heterocycles. The highest BCUT2D eigenvalue weighted by Gasteiger charge is 2.25. The van der Waals surface area contributed by atoms with Gasteiger partial charge in [-0.25, -0.2) is 4.98 Å². The largest absolute Gasteiger partial charge is 0.224 e. The lowest BCUT2D eigenvalue weighted by molar-refractivity contribution is 0.397. The highest BCUT2D eigenvalue weighted by Crippen LogP contribution is 2.30. The lowest BCUT2D eigenvalue weighted by atomic mass is 9.90. The smallest absolute Gasteiger partial charge is 0.147 e. The van der Waals surface area contributed by atoms with Gasteiger partial charge in [-0.15, -0.1) is 0 Å². The molecule has 0 fully saturated rings. The first kappa shape index (κ1) is 14.1. The van der Waals surface area contributed by atoms with Gasteiger partial charge in [0.2, 0.25) is 0 Å². The molecule has 4 heteroatoms. The fourth-order valence-corrected chi connectivity index (χ4v) is 2.50. The third kappa shape index (κ3) is 3.81. The molecule has 0 bridgehead atoms. The molecule has 0 spiro atoms. The molecule has 1 aromatic heterocycles. The summed E-state index contributed by atoms with van der Waals surface area (Å²) in [6.07, 6.45) is 0.956. The zero-order valence-electron chi connectivity index (χ0n) is 11.0. The van der Waals surface area contributed by atoms with Crippen molar-refractivity contribution in [2.75, 3.05) is 0 Å². The maximum atomic E-state index is 4.61. The van der Waals surface area contributed by atoms with Crippen LogP contribution in [-0.4, -0.2) is 14.2 Å². The van der Waals surface area contributed by atoms with E-state index in [1.807, 2.05) is 0 Å². The molecule has 0 saturated carbocycles. The van der Waals surface area contributed by atoms with E-state index in [1.165, 1.54) is 11.5 Å².